The highest BCUT2D eigenvalue weighted by molar-refractivity contribution is 7.17. The van der Waals surface area contributed by atoms with Crippen molar-refractivity contribution < 1.29 is 9.53 Å². The van der Waals surface area contributed by atoms with Crippen molar-refractivity contribution >= 4 is 44.4 Å². The van der Waals surface area contributed by atoms with Gasteiger partial charge in [-0.05, 0) is 36.2 Å². The fourth-order valence-electron chi connectivity index (χ4n) is 4.07. The first-order chi connectivity index (χ1) is 17.5. The van der Waals surface area contributed by atoms with Crippen LogP contribution in [0.2, 0.25) is 0 Å². The standard InChI is InChI=1S/C28H24N4O3S/c1-3-35-24-13-12-19-6-4-5-7-21(19)22(24)14-30-31-25(33)15-32-17-29-27-26(28(32)34)23(16-36-27)20-10-8-18(2)9-11-20/h4-14,16-17H,3,15H2,1-2H3,(H,31,33)/b30-14+. The summed E-state index contributed by atoms with van der Waals surface area (Å²) in [4.78, 5) is 30.9. The molecule has 2 aromatic heterocycles. The van der Waals surface area contributed by atoms with E-state index < -0.39 is 5.91 Å². The van der Waals surface area contributed by atoms with Crippen LogP contribution in [0.1, 0.15) is 18.1 Å². The Morgan fingerprint density at radius 2 is 1.94 bits per heavy atom. The Morgan fingerprint density at radius 3 is 2.75 bits per heavy atom. The van der Waals surface area contributed by atoms with Crippen LogP contribution in [-0.4, -0.2) is 28.3 Å². The van der Waals surface area contributed by atoms with Gasteiger partial charge in [0.25, 0.3) is 11.5 Å². The van der Waals surface area contributed by atoms with E-state index in [-0.39, 0.29) is 12.1 Å². The molecule has 0 saturated heterocycles. The number of carbonyl (C=O) groups is 1. The SMILES string of the molecule is CCOc1ccc2ccccc2c1/C=N/NC(=O)Cn1cnc2scc(-c3ccc(C)cc3)c2c1=O. The zero-order valence-electron chi connectivity index (χ0n) is 19.9. The number of hydrogen-bond donors (Lipinski definition) is 1. The number of benzene rings is 3. The third-order valence-corrected chi connectivity index (χ3v) is 6.74. The number of aryl methyl sites for hydroxylation is 1. The van der Waals surface area contributed by atoms with Crippen molar-refractivity contribution in [3.8, 4) is 16.9 Å². The van der Waals surface area contributed by atoms with Crippen LogP contribution in [0.25, 0.3) is 32.1 Å². The van der Waals surface area contributed by atoms with E-state index in [1.165, 1.54) is 22.2 Å². The van der Waals surface area contributed by atoms with Crippen LogP contribution in [0.4, 0.5) is 0 Å². The van der Waals surface area contributed by atoms with Gasteiger partial charge >= 0.3 is 0 Å². The molecule has 8 heteroatoms. The number of amides is 1. The number of rotatable bonds is 7. The second-order valence-corrected chi connectivity index (χ2v) is 9.16. The molecule has 7 nitrogen and oxygen atoms in total. The first kappa shape index (κ1) is 23.4. The lowest BCUT2D eigenvalue weighted by Gasteiger charge is -2.10. The minimum atomic E-state index is -0.431. The Bertz CT molecular complexity index is 1650. The Hall–Kier alpha value is -4.30. The quantitative estimate of drug-likeness (QED) is 0.250. The molecule has 2 heterocycles. The van der Waals surface area contributed by atoms with Crippen molar-refractivity contribution in [2.24, 2.45) is 5.10 Å². The molecule has 0 bridgehead atoms. The second-order valence-electron chi connectivity index (χ2n) is 8.30. The molecule has 0 radical (unpaired) electrons. The van der Waals surface area contributed by atoms with E-state index in [1.807, 2.05) is 79.9 Å². The highest BCUT2D eigenvalue weighted by atomic mass is 32.1. The largest absolute Gasteiger partial charge is 0.493 e. The van der Waals surface area contributed by atoms with E-state index in [0.29, 0.717) is 22.6 Å². The normalized spacial score (nSPS) is 11.4. The molecule has 0 aliphatic heterocycles. The minimum absolute atomic E-state index is 0.198. The van der Waals surface area contributed by atoms with Gasteiger partial charge in [-0.2, -0.15) is 5.10 Å². The summed E-state index contributed by atoms with van der Waals surface area (Å²) < 4.78 is 7.05. The molecule has 0 saturated carbocycles. The monoisotopic (exact) mass is 496 g/mol. The summed E-state index contributed by atoms with van der Waals surface area (Å²) >= 11 is 1.41. The molecule has 1 amide bonds. The molecule has 0 fully saturated rings. The highest BCUT2D eigenvalue weighted by Gasteiger charge is 2.15. The minimum Gasteiger partial charge on any atom is -0.493 e. The van der Waals surface area contributed by atoms with Crippen molar-refractivity contribution in [3.05, 3.63) is 93.9 Å². The molecule has 0 spiro atoms. The van der Waals surface area contributed by atoms with E-state index >= 15 is 0 Å². The molecule has 0 aliphatic carbocycles. The number of carbonyl (C=O) groups excluding carboxylic acids is 1. The molecule has 5 aromatic rings. The Morgan fingerprint density at radius 1 is 1.14 bits per heavy atom. The van der Waals surface area contributed by atoms with Crippen LogP contribution in [-0.2, 0) is 11.3 Å². The van der Waals surface area contributed by atoms with Crippen LogP contribution >= 0.6 is 11.3 Å². The van der Waals surface area contributed by atoms with Gasteiger partial charge in [0.2, 0.25) is 0 Å². The van der Waals surface area contributed by atoms with E-state index in [9.17, 15) is 9.59 Å². The first-order valence-corrected chi connectivity index (χ1v) is 12.4. The molecule has 36 heavy (non-hydrogen) atoms. The van der Waals surface area contributed by atoms with Gasteiger partial charge in [-0.1, -0.05) is 60.2 Å². The third kappa shape index (κ3) is 4.63. The number of hydrogen-bond acceptors (Lipinski definition) is 6. The summed E-state index contributed by atoms with van der Waals surface area (Å²) in [7, 11) is 0. The number of thiophene rings is 1. The topological polar surface area (TPSA) is 85.6 Å². The van der Waals surface area contributed by atoms with Crippen molar-refractivity contribution in [1.29, 1.82) is 0 Å². The van der Waals surface area contributed by atoms with Gasteiger partial charge in [0.15, 0.2) is 0 Å². The molecule has 180 valence electrons. The highest BCUT2D eigenvalue weighted by Crippen LogP contribution is 2.30. The summed E-state index contributed by atoms with van der Waals surface area (Å²) in [5.74, 6) is 0.251. The number of nitrogens with zero attached hydrogens (tertiary/aromatic N) is 3. The molecule has 1 N–H and O–H groups in total. The second kappa shape index (κ2) is 10.1. The van der Waals surface area contributed by atoms with E-state index in [2.05, 4.69) is 15.5 Å². The van der Waals surface area contributed by atoms with E-state index in [1.54, 1.807) is 6.21 Å². The summed E-state index contributed by atoms with van der Waals surface area (Å²) in [5.41, 5.74) is 5.94. The number of hydrazone groups is 1. The molecule has 0 unspecified atom stereocenters. The Labute approximate surface area is 211 Å². The number of fused-ring (bicyclic) bond motifs is 2. The number of aromatic nitrogens is 2. The Balaban J connectivity index is 1.38. The van der Waals surface area contributed by atoms with Crippen molar-refractivity contribution in [1.82, 2.24) is 15.0 Å². The van der Waals surface area contributed by atoms with Gasteiger partial charge in [0, 0.05) is 16.5 Å². The summed E-state index contributed by atoms with van der Waals surface area (Å²) in [6, 6.07) is 19.8. The van der Waals surface area contributed by atoms with Gasteiger partial charge in [-0.25, -0.2) is 10.4 Å². The number of nitrogens with one attached hydrogen (secondary N) is 1. The van der Waals surface area contributed by atoms with Crippen LogP contribution in [0.15, 0.2) is 82.3 Å². The predicted octanol–water partition coefficient (Wildman–Crippen LogP) is 5.14. The van der Waals surface area contributed by atoms with Gasteiger partial charge in [-0.15, -0.1) is 11.3 Å². The predicted molar refractivity (Wildman–Crippen MR) is 145 cm³/mol. The van der Waals surface area contributed by atoms with Crippen LogP contribution in [0.3, 0.4) is 0 Å². The maximum atomic E-state index is 13.2. The third-order valence-electron chi connectivity index (χ3n) is 5.85. The summed E-state index contributed by atoms with van der Waals surface area (Å²) in [6.45, 7) is 4.24. The van der Waals surface area contributed by atoms with Crippen LogP contribution < -0.4 is 15.7 Å². The first-order valence-electron chi connectivity index (χ1n) is 11.5. The lowest BCUT2D eigenvalue weighted by Crippen LogP contribution is -2.30. The van der Waals surface area contributed by atoms with Gasteiger partial charge < -0.3 is 4.74 Å². The van der Waals surface area contributed by atoms with Crippen LogP contribution in [0.5, 0.6) is 5.75 Å². The molecule has 3 aromatic carbocycles. The lowest BCUT2D eigenvalue weighted by molar-refractivity contribution is -0.121. The molecule has 5 rings (SSSR count). The zero-order valence-corrected chi connectivity index (χ0v) is 20.7. The summed E-state index contributed by atoms with van der Waals surface area (Å²) in [5, 5.41) is 8.60. The van der Waals surface area contributed by atoms with Gasteiger partial charge in [0.1, 0.15) is 17.1 Å². The van der Waals surface area contributed by atoms with E-state index in [0.717, 1.165) is 33.0 Å². The average Bonchev–Trinajstić information content (AvgIpc) is 3.32. The maximum Gasteiger partial charge on any atom is 0.263 e. The fraction of sp³-hybridized carbons (Fsp3) is 0.143. The van der Waals surface area contributed by atoms with E-state index in [4.69, 9.17) is 4.74 Å². The summed E-state index contributed by atoms with van der Waals surface area (Å²) in [6.07, 6.45) is 2.98. The van der Waals surface area contributed by atoms with Gasteiger partial charge in [-0.3, -0.25) is 14.2 Å². The molecule has 0 aliphatic rings. The van der Waals surface area contributed by atoms with Crippen molar-refractivity contribution in [2.75, 3.05) is 6.61 Å². The molecular formula is C28H24N4O3S. The molecule has 0 atom stereocenters. The molecular weight excluding hydrogens is 472 g/mol. The smallest absolute Gasteiger partial charge is 0.263 e. The average molecular weight is 497 g/mol. The zero-order chi connectivity index (χ0) is 25.1. The lowest BCUT2D eigenvalue weighted by atomic mass is 10.0. The number of ether oxygens (including phenoxy) is 1. The Kier molecular flexibility index (Phi) is 6.60. The van der Waals surface area contributed by atoms with Crippen molar-refractivity contribution in [3.63, 3.8) is 0 Å². The van der Waals surface area contributed by atoms with Gasteiger partial charge in [0.05, 0.1) is 24.5 Å². The van der Waals surface area contributed by atoms with Crippen molar-refractivity contribution in [2.45, 2.75) is 20.4 Å². The van der Waals surface area contributed by atoms with Crippen LogP contribution in [0, 0.1) is 6.92 Å². The maximum absolute atomic E-state index is 13.2. The fourth-order valence-corrected chi connectivity index (χ4v) is 4.98.